The second-order valence-electron chi connectivity index (χ2n) is 3.17. The van der Waals surface area contributed by atoms with Crippen molar-refractivity contribution in [2.75, 3.05) is 6.54 Å². The van der Waals surface area contributed by atoms with E-state index in [-0.39, 0.29) is 0 Å². The van der Waals surface area contributed by atoms with E-state index in [1.54, 1.807) is 6.20 Å². The van der Waals surface area contributed by atoms with E-state index in [9.17, 15) is 0 Å². The van der Waals surface area contributed by atoms with E-state index in [1.807, 2.05) is 32.1 Å². The largest absolute Gasteiger partial charge is 0.404 e. The van der Waals surface area contributed by atoms with Crippen LogP contribution in [-0.4, -0.2) is 12.3 Å². The molecule has 0 aromatic heterocycles. The van der Waals surface area contributed by atoms with Crippen molar-refractivity contribution < 1.29 is 0 Å². The van der Waals surface area contributed by atoms with E-state index in [2.05, 4.69) is 11.9 Å². The Kier molecular flexibility index (Phi) is 7.28. The lowest BCUT2D eigenvalue weighted by Gasteiger charge is -1.98. The number of nitrogens with zero attached hydrogens (tertiary/aromatic N) is 1. The van der Waals surface area contributed by atoms with Gasteiger partial charge >= 0.3 is 0 Å². The van der Waals surface area contributed by atoms with Crippen molar-refractivity contribution in [3.8, 4) is 0 Å². The van der Waals surface area contributed by atoms with Crippen molar-refractivity contribution in [1.29, 1.82) is 0 Å². The van der Waals surface area contributed by atoms with Crippen LogP contribution in [0.2, 0.25) is 0 Å². The summed E-state index contributed by atoms with van der Waals surface area (Å²) in [5, 5.41) is 0. The number of aliphatic imine (C=N–C) groups is 1. The predicted octanol–water partition coefficient (Wildman–Crippen LogP) is 2.12. The maximum absolute atomic E-state index is 5.51. The fourth-order valence-corrected chi connectivity index (χ4v) is 1.01. The molecule has 0 amide bonds. The molecule has 84 valence electrons. The molecule has 3 heteroatoms. The summed E-state index contributed by atoms with van der Waals surface area (Å²) in [4.78, 5) is 4.35. The van der Waals surface area contributed by atoms with Crippen molar-refractivity contribution >= 4 is 5.71 Å². The highest BCUT2D eigenvalue weighted by Crippen LogP contribution is 2.01. The van der Waals surface area contributed by atoms with Gasteiger partial charge in [0, 0.05) is 18.0 Å². The monoisotopic (exact) mass is 207 g/mol. The lowest BCUT2D eigenvalue weighted by molar-refractivity contribution is 1.10. The molecule has 0 saturated carbocycles. The molecule has 0 saturated heterocycles. The molecule has 0 spiro atoms. The Morgan fingerprint density at radius 2 is 2.00 bits per heavy atom. The molecule has 0 radical (unpaired) electrons. The van der Waals surface area contributed by atoms with Gasteiger partial charge < -0.3 is 11.5 Å². The van der Waals surface area contributed by atoms with Crippen molar-refractivity contribution in [3.05, 3.63) is 35.7 Å². The number of nitrogens with two attached hydrogens (primary N) is 2. The number of rotatable bonds is 5. The van der Waals surface area contributed by atoms with E-state index >= 15 is 0 Å². The second kappa shape index (κ2) is 8.00. The van der Waals surface area contributed by atoms with Gasteiger partial charge in [-0.3, -0.25) is 4.99 Å². The zero-order valence-corrected chi connectivity index (χ0v) is 9.83. The average Bonchev–Trinajstić information content (AvgIpc) is 2.27. The van der Waals surface area contributed by atoms with Crippen LogP contribution in [0.5, 0.6) is 0 Å². The second-order valence-corrected chi connectivity index (χ2v) is 3.17. The molecule has 0 atom stereocenters. The van der Waals surface area contributed by atoms with Crippen molar-refractivity contribution in [2.45, 2.75) is 27.2 Å². The van der Waals surface area contributed by atoms with Gasteiger partial charge in [-0.2, -0.15) is 0 Å². The third-order valence-electron chi connectivity index (χ3n) is 2.02. The van der Waals surface area contributed by atoms with Crippen LogP contribution in [0.4, 0.5) is 0 Å². The Bertz CT molecular complexity index is 296. The quantitative estimate of drug-likeness (QED) is 0.535. The van der Waals surface area contributed by atoms with E-state index in [0.29, 0.717) is 6.54 Å². The molecule has 15 heavy (non-hydrogen) atoms. The summed E-state index contributed by atoms with van der Waals surface area (Å²) < 4.78 is 0. The fraction of sp³-hybridized carbons (Fsp3) is 0.417. The SMILES string of the molecule is C\C=C(CN)/N=C(C)/C=C\C(=C/N)CC. The first-order valence-electron chi connectivity index (χ1n) is 5.17. The van der Waals surface area contributed by atoms with Crippen molar-refractivity contribution in [2.24, 2.45) is 16.5 Å². The topological polar surface area (TPSA) is 64.4 Å². The first-order valence-corrected chi connectivity index (χ1v) is 5.17. The van der Waals surface area contributed by atoms with Gasteiger partial charge in [-0.25, -0.2) is 0 Å². The molecule has 0 unspecified atom stereocenters. The van der Waals surface area contributed by atoms with Crippen molar-refractivity contribution in [3.63, 3.8) is 0 Å². The predicted molar refractivity (Wildman–Crippen MR) is 67.6 cm³/mol. The smallest absolute Gasteiger partial charge is 0.0500 e. The molecule has 0 fully saturated rings. The van der Waals surface area contributed by atoms with E-state index in [1.165, 1.54) is 0 Å². The van der Waals surface area contributed by atoms with Crippen LogP contribution in [0.15, 0.2) is 40.7 Å². The zero-order valence-electron chi connectivity index (χ0n) is 9.83. The summed E-state index contributed by atoms with van der Waals surface area (Å²) in [7, 11) is 0. The van der Waals surface area contributed by atoms with Gasteiger partial charge in [0.1, 0.15) is 0 Å². The number of hydrogen-bond donors (Lipinski definition) is 2. The van der Waals surface area contributed by atoms with Gasteiger partial charge in [-0.15, -0.1) is 0 Å². The summed E-state index contributed by atoms with van der Waals surface area (Å²) >= 11 is 0. The zero-order chi connectivity index (χ0) is 11.7. The van der Waals surface area contributed by atoms with Crippen LogP contribution in [0.1, 0.15) is 27.2 Å². The molecule has 0 aliphatic heterocycles. The summed E-state index contributed by atoms with van der Waals surface area (Å²) in [5.41, 5.74) is 13.9. The third kappa shape index (κ3) is 5.86. The van der Waals surface area contributed by atoms with Crippen LogP contribution in [0.3, 0.4) is 0 Å². The molecule has 0 aliphatic carbocycles. The van der Waals surface area contributed by atoms with Gasteiger partial charge in [0.05, 0.1) is 0 Å². The van der Waals surface area contributed by atoms with Gasteiger partial charge in [-0.05, 0) is 38.1 Å². The average molecular weight is 207 g/mol. The molecular weight excluding hydrogens is 186 g/mol. The number of hydrogen-bond acceptors (Lipinski definition) is 3. The minimum absolute atomic E-state index is 0.467. The molecule has 0 aromatic carbocycles. The summed E-state index contributed by atoms with van der Waals surface area (Å²) in [6, 6.07) is 0. The first-order chi connectivity index (χ1) is 7.17. The Morgan fingerprint density at radius 1 is 1.33 bits per heavy atom. The van der Waals surface area contributed by atoms with Crippen LogP contribution in [0, 0.1) is 0 Å². The Labute approximate surface area is 92.3 Å². The van der Waals surface area contributed by atoms with E-state index < -0.39 is 0 Å². The Hall–Kier alpha value is -1.35. The van der Waals surface area contributed by atoms with E-state index in [0.717, 1.165) is 23.4 Å². The minimum Gasteiger partial charge on any atom is -0.404 e. The highest BCUT2D eigenvalue weighted by molar-refractivity contribution is 5.93. The highest BCUT2D eigenvalue weighted by Gasteiger charge is 1.90. The maximum atomic E-state index is 5.51. The molecule has 0 aromatic rings. The van der Waals surface area contributed by atoms with Gasteiger partial charge in [-0.1, -0.05) is 19.1 Å². The maximum Gasteiger partial charge on any atom is 0.0500 e. The standard InChI is InChI=1S/C12H21N3/c1-4-11(8-13)7-6-10(3)15-12(5-2)9-14/h5-8H,4,9,13-14H2,1-3H3/b7-6-,11-8-,12-5-,15-10+. The summed E-state index contributed by atoms with van der Waals surface area (Å²) in [6.07, 6.45) is 8.37. The van der Waals surface area contributed by atoms with Crippen LogP contribution in [0.25, 0.3) is 0 Å². The minimum atomic E-state index is 0.467. The molecule has 0 bridgehead atoms. The molecule has 4 N–H and O–H groups in total. The third-order valence-corrected chi connectivity index (χ3v) is 2.02. The van der Waals surface area contributed by atoms with Crippen LogP contribution in [-0.2, 0) is 0 Å². The van der Waals surface area contributed by atoms with Crippen LogP contribution >= 0.6 is 0 Å². The summed E-state index contributed by atoms with van der Waals surface area (Å²) in [6.45, 7) is 6.40. The van der Waals surface area contributed by atoms with Gasteiger partial charge in [0.2, 0.25) is 0 Å². The van der Waals surface area contributed by atoms with Gasteiger partial charge in [0.25, 0.3) is 0 Å². The molecule has 0 rings (SSSR count). The molecule has 3 nitrogen and oxygen atoms in total. The van der Waals surface area contributed by atoms with Crippen LogP contribution < -0.4 is 11.5 Å². The Morgan fingerprint density at radius 3 is 2.40 bits per heavy atom. The van der Waals surface area contributed by atoms with Crippen molar-refractivity contribution in [1.82, 2.24) is 0 Å². The number of allylic oxidation sites excluding steroid dienone is 4. The molecule has 0 aliphatic rings. The normalized spacial score (nSPS) is 15.1. The van der Waals surface area contributed by atoms with E-state index in [4.69, 9.17) is 11.5 Å². The lowest BCUT2D eigenvalue weighted by atomic mass is 10.2. The highest BCUT2D eigenvalue weighted by atomic mass is 14.8. The first kappa shape index (κ1) is 13.7. The summed E-state index contributed by atoms with van der Waals surface area (Å²) in [5.74, 6) is 0. The Balaban J connectivity index is 4.54. The molecule has 0 heterocycles. The molecular formula is C12H21N3. The lowest BCUT2D eigenvalue weighted by Crippen LogP contribution is -2.02. The van der Waals surface area contributed by atoms with Gasteiger partial charge in [0.15, 0.2) is 0 Å². The fourth-order valence-electron chi connectivity index (χ4n) is 1.01.